The summed E-state index contributed by atoms with van der Waals surface area (Å²) < 4.78 is 63.4. The van der Waals surface area contributed by atoms with Gasteiger partial charge < -0.3 is 5.73 Å². The average molecular weight is 285 g/mol. The first-order chi connectivity index (χ1) is 7.28. The molecule has 3 nitrogen and oxygen atoms in total. The molecular formula is C7H14F6N3P. The van der Waals surface area contributed by atoms with Gasteiger partial charge in [0.2, 0.25) is 6.33 Å². The van der Waals surface area contributed by atoms with Gasteiger partial charge in [0.25, 0.3) is 0 Å². The molecule has 0 saturated heterocycles. The van der Waals surface area contributed by atoms with Crippen molar-refractivity contribution in [3.8, 4) is 0 Å². The van der Waals surface area contributed by atoms with Gasteiger partial charge >= 0.3 is 33.0 Å². The molecule has 0 saturated carbocycles. The molecule has 1 aromatic rings. The van der Waals surface area contributed by atoms with E-state index < -0.39 is 7.81 Å². The number of rotatable bonds is 3. The Morgan fingerprint density at radius 1 is 1.18 bits per heavy atom. The van der Waals surface area contributed by atoms with E-state index in [2.05, 4.69) is 17.1 Å². The number of nitrogens with two attached hydrogens (primary N) is 1. The standard InChI is InChI=1S/C7H14N3.F6P/c1-9-5-6-10(7-9)4-2-3-8;1-7(2,3,4,5)6/h5-7H,2-4,8H2,1H3;/q+1;-1. The summed E-state index contributed by atoms with van der Waals surface area (Å²) >= 11 is 0. The molecule has 0 unspecified atom stereocenters. The van der Waals surface area contributed by atoms with Crippen molar-refractivity contribution in [2.24, 2.45) is 12.8 Å². The van der Waals surface area contributed by atoms with Gasteiger partial charge in [-0.05, 0) is 13.0 Å². The van der Waals surface area contributed by atoms with Crippen LogP contribution < -0.4 is 10.3 Å². The van der Waals surface area contributed by atoms with Gasteiger partial charge in [0.1, 0.15) is 12.4 Å². The summed E-state index contributed by atoms with van der Waals surface area (Å²) in [4.78, 5) is 0. The van der Waals surface area contributed by atoms with Gasteiger partial charge in [0, 0.05) is 0 Å². The maximum atomic E-state index is 9.87. The Balaban J connectivity index is 0.000000325. The van der Waals surface area contributed by atoms with E-state index in [0.717, 1.165) is 19.5 Å². The number of nitrogens with zero attached hydrogens (tertiary/aromatic N) is 2. The predicted molar refractivity (Wildman–Crippen MR) is 52.8 cm³/mol. The molecular weight excluding hydrogens is 271 g/mol. The van der Waals surface area contributed by atoms with Crippen LogP contribution in [-0.4, -0.2) is 11.1 Å². The Bertz CT molecular complexity index is 344. The Kier molecular flexibility index (Phi) is 4.24. The molecule has 104 valence electrons. The van der Waals surface area contributed by atoms with E-state index in [1.54, 1.807) is 0 Å². The fraction of sp³-hybridized carbons (Fsp3) is 0.571. The van der Waals surface area contributed by atoms with Gasteiger partial charge in [-0.15, -0.1) is 0 Å². The van der Waals surface area contributed by atoms with Gasteiger partial charge in [-0.25, -0.2) is 9.13 Å². The molecule has 1 heterocycles. The Hall–Kier alpha value is -0.820. The first-order valence-corrected chi connectivity index (χ1v) is 6.58. The number of hydrogen-bond donors (Lipinski definition) is 1. The van der Waals surface area contributed by atoms with Crippen molar-refractivity contribution >= 4 is 7.81 Å². The fourth-order valence-electron chi connectivity index (χ4n) is 0.908. The van der Waals surface area contributed by atoms with E-state index in [1.807, 2.05) is 17.8 Å². The molecule has 17 heavy (non-hydrogen) atoms. The molecule has 0 aromatic carbocycles. The van der Waals surface area contributed by atoms with Crippen LogP contribution in [0.2, 0.25) is 0 Å². The van der Waals surface area contributed by atoms with Crippen LogP contribution in [-0.2, 0) is 13.6 Å². The van der Waals surface area contributed by atoms with Crippen molar-refractivity contribution in [3.05, 3.63) is 18.7 Å². The summed E-state index contributed by atoms with van der Waals surface area (Å²) in [5.74, 6) is 0. The summed E-state index contributed by atoms with van der Waals surface area (Å²) in [6.07, 6.45) is 7.18. The van der Waals surface area contributed by atoms with Crippen LogP contribution in [0, 0.1) is 0 Å². The van der Waals surface area contributed by atoms with Crippen molar-refractivity contribution in [1.82, 2.24) is 4.57 Å². The van der Waals surface area contributed by atoms with Crippen LogP contribution in [0.15, 0.2) is 18.7 Å². The molecule has 0 fully saturated rings. The molecule has 2 N–H and O–H groups in total. The molecule has 0 atom stereocenters. The number of aryl methyl sites for hydroxylation is 2. The van der Waals surface area contributed by atoms with Crippen LogP contribution in [0.4, 0.5) is 25.2 Å². The van der Waals surface area contributed by atoms with Crippen LogP contribution >= 0.6 is 7.81 Å². The molecule has 0 aliphatic heterocycles. The van der Waals surface area contributed by atoms with Crippen LogP contribution in [0.1, 0.15) is 6.42 Å². The molecule has 0 amide bonds. The molecule has 10 heteroatoms. The van der Waals surface area contributed by atoms with Crippen LogP contribution in [0.3, 0.4) is 0 Å². The third-order valence-electron chi connectivity index (χ3n) is 1.44. The van der Waals surface area contributed by atoms with Gasteiger partial charge in [-0.1, -0.05) is 0 Å². The number of halogens is 6. The van der Waals surface area contributed by atoms with E-state index >= 15 is 0 Å². The quantitative estimate of drug-likeness (QED) is 0.517. The van der Waals surface area contributed by atoms with Crippen LogP contribution in [0.25, 0.3) is 0 Å². The number of imidazole rings is 1. The zero-order valence-corrected chi connectivity index (χ0v) is 9.93. The second kappa shape index (κ2) is 4.45. The minimum absolute atomic E-state index is 0.766. The van der Waals surface area contributed by atoms with Gasteiger partial charge in [-0.2, -0.15) is 0 Å². The van der Waals surface area contributed by atoms with E-state index in [9.17, 15) is 25.2 Å². The predicted octanol–water partition coefficient (Wildman–Crippen LogP) is 3.04. The summed E-state index contributed by atoms with van der Waals surface area (Å²) in [5, 5.41) is 0. The molecule has 0 spiro atoms. The second-order valence-corrected chi connectivity index (χ2v) is 5.33. The van der Waals surface area contributed by atoms with Crippen molar-refractivity contribution in [2.45, 2.75) is 13.0 Å². The van der Waals surface area contributed by atoms with Crippen LogP contribution in [0.5, 0.6) is 0 Å². The average Bonchev–Trinajstić information content (AvgIpc) is 2.42. The summed E-state index contributed by atoms with van der Waals surface area (Å²) in [6, 6.07) is 0. The van der Waals surface area contributed by atoms with E-state index in [1.165, 1.54) is 0 Å². The zero-order valence-electron chi connectivity index (χ0n) is 9.04. The first-order valence-electron chi connectivity index (χ1n) is 4.55. The third kappa shape index (κ3) is 17.8. The number of hydrogen-bond acceptors (Lipinski definition) is 1. The van der Waals surface area contributed by atoms with E-state index in [0.29, 0.717) is 0 Å². The summed E-state index contributed by atoms with van der Waals surface area (Å²) in [5.41, 5.74) is 5.36. The van der Waals surface area contributed by atoms with E-state index in [4.69, 9.17) is 5.73 Å². The summed E-state index contributed by atoms with van der Waals surface area (Å²) in [7, 11) is -8.64. The molecule has 1 aromatic heterocycles. The molecule has 0 bridgehead atoms. The minimum atomic E-state index is -10.7. The zero-order chi connectivity index (χ0) is 13.8. The van der Waals surface area contributed by atoms with Crippen molar-refractivity contribution in [3.63, 3.8) is 0 Å². The monoisotopic (exact) mass is 285 g/mol. The molecule has 0 aliphatic rings. The van der Waals surface area contributed by atoms with Crippen molar-refractivity contribution < 1.29 is 29.7 Å². The van der Waals surface area contributed by atoms with Gasteiger partial charge in [0.15, 0.2) is 0 Å². The Morgan fingerprint density at radius 3 is 1.94 bits per heavy atom. The first kappa shape index (κ1) is 16.2. The van der Waals surface area contributed by atoms with Gasteiger partial charge in [0.05, 0.1) is 13.6 Å². The van der Waals surface area contributed by atoms with Crippen molar-refractivity contribution in [2.75, 3.05) is 6.54 Å². The van der Waals surface area contributed by atoms with E-state index in [-0.39, 0.29) is 0 Å². The Morgan fingerprint density at radius 2 is 1.65 bits per heavy atom. The topological polar surface area (TPSA) is 34.8 Å². The SMILES string of the molecule is C[n+]1ccn(CCCN)c1.F[P-](F)(F)(F)(F)F. The maximum absolute atomic E-state index is 10.7. The summed E-state index contributed by atoms with van der Waals surface area (Å²) in [6.45, 7) is 1.79. The Labute approximate surface area is 94.1 Å². The third-order valence-corrected chi connectivity index (χ3v) is 1.44. The molecule has 1 rings (SSSR count). The fourth-order valence-corrected chi connectivity index (χ4v) is 0.908. The van der Waals surface area contributed by atoms with Gasteiger partial charge in [-0.3, -0.25) is 0 Å². The second-order valence-electron chi connectivity index (χ2n) is 3.42. The molecule has 0 radical (unpaired) electrons. The normalized spacial score (nSPS) is 15.5. The molecule has 0 aliphatic carbocycles. The van der Waals surface area contributed by atoms with Crippen molar-refractivity contribution in [1.29, 1.82) is 0 Å². The number of aromatic nitrogens is 2.